The van der Waals surface area contributed by atoms with Crippen molar-refractivity contribution in [1.82, 2.24) is 4.98 Å². The number of thiophene rings is 1. The first kappa shape index (κ1) is 44.2. The van der Waals surface area contributed by atoms with E-state index in [0.717, 1.165) is 42.3 Å². The molecule has 7 rings (SSSR count). The number of aryl methyl sites for hydroxylation is 1. The molecule has 0 fully saturated rings. The van der Waals surface area contributed by atoms with E-state index in [1.54, 1.807) is 0 Å². The molecule has 2 aromatic heterocycles. The van der Waals surface area contributed by atoms with E-state index in [2.05, 4.69) is 126 Å². The molecule has 5 heteroatoms. The van der Waals surface area contributed by atoms with Crippen LogP contribution in [0, 0.1) is 23.8 Å². The number of aliphatic hydroxyl groups is 1. The minimum atomic E-state index is -0.337. The van der Waals surface area contributed by atoms with Gasteiger partial charge in [-0.25, -0.2) is 0 Å². The molecule has 0 bridgehead atoms. The topological polar surface area (TPSA) is 50.2 Å². The van der Waals surface area contributed by atoms with E-state index in [1.165, 1.54) is 65.4 Å². The van der Waals surface area contributed by atoms with Gasteiger partial charge in [0.05, 0.1) is 0 Å². The van der Waals surface area contributed by atoms with Crippen molar-refractivity contribution in [1.29, 1.82) is 0 Å². The first-order valence-corrected chi connectivity index (χ1v) is 21.3. The van der Waals surface area contributed by atoms with Crippen LogP contribution in [-0.4, -0.2) is 15.9 Å². The fourth-order valence-corrected chi connectivity index (χ4v) is 9.42. The number of carbonyl (C=O) groups excluding carboxylic acids is 1. The zero-order valence-corrected chi connectivity index (χ0v) is 39.2. The molecule has 0 unspecified atom stereocenters. The first-order chi connectivity index (χ1) is 26.4. The fraction of sp³-hybridized carbons (Fsp3) is 0.385. The van der Waals surface area contributed by atoms with Gasteiger partial charge in [-0.3, -0.25) is 9.78 Å². The van der Waals surface area contributed by atoms with Gasteiger partial charge in [-0.1, -0.05) is 142 Å². The van der Waals surface area contributed by atoms with E-state index in [4.69, 9.17) is 4.98 Å². The number of ketones is 1. The molecule has 1 aliphatic carbocycles. The predicted molar refractivity (Wildman–Crippen MR) is 241 cm³/mol. The number of aliphatic hydroxyl groups excluding tert-OH is 1. The van der Waals surface area contributed by atoms with Gasteiger partial charge >= 0.3 is 0 Å². The molecule has 0 amide bonds. The molecule has 0 atom stereocenters. The molecule has 6 aromatic rings. The van der Waals surface area contributed by atoms with Gasteiger partial charge in [0, 0.05) is 63.9 Å². The monoisotopic (exact) mass is 955 g/mol. The van der Waals surface area contributed by atoms with Crippen LogP contribution >= 0.6 is 11.3 Å². The van der Waals surface area contributed by atoms with Crippen molar-refractivity contribution in [2.45, 2.75) is 120 Å². The number of pyridine rings is 1. The Morgan fingerprint density at radius 2 is 1.40 bits per heavy atom. The van der Waals surface area contributed by atoms with Crippen LogP contribution in [0.4, 0.5) is 0 Å². The van der Waals surface area contributed by atoms with Crippen LogP contribution in [0.1, 0.15) is 124 Å². The standard InChI is InChI=1S/C37H32NS.C15H28O2.Ir/c1-22-26-17-18-38-33(25-19-23-11-7-8-12-27(23)31(21-25)36(2,3)4)35(26)39-34(22)24-15-16-29-28-13-9-10-14-30(28)37(5,6)32(29)20-24;1-7-14(5,8-2)12(16)11-13(17)15(6,9-3)10-4;/h7-18,20-21H,1-6H3;11,16H,7-10H2,1-6H3;/q-1;;/b;12-11-;. The van der Waals surface area contributed by atoms with Crippen molar-refractivity contribution < 1.29 is 30.0 Å². The molecule has 1 N–H and O–H groups in total. The molecule has 4 aromatic carbocycles. The maximum Gasteiger partial charge on any atom is 0.164 e. The number of rotatable bonds is 9. The number of allylic oxidation sites excluding steroid dienone is 2. The Morgan fingerprint density at radius 1 is 0.789 bits per heavy atom. The largest absolute Gasteiger partial charge is 0.512 e. The van der Waals surface area contributed by atoms with Gasteiger partial charge in [0.1, 0.15) is 5.76 Å². The van der Waals surface area contributed by atoms with Crippen LogP contribution in [0.2, 0.25) is 0 Å². The summed E-state index contributed by atoms with van der Waals surface area (Å²) < 4.78 is 1.24. The molecule has 301 valence electrons. The normalized spacial score (nSPS) is 13.8. The van der Waals surface area contributed by atoms with E-state index in [9.17, 15) is 9.90 Å². The molecule has 57 heavy (non-hydrogen) atoms. The molecule has 2 heterocycles. The van der Waals surface area contributed by atoms with E-state index in [0.29, 0.717) is 0 Å². The second kappa shape index (κ2) is 16.8. The smallest absolute Gasteiger partial charge is 0.164 e. The Balaban J connectivity index is 0.000000295. The summed E-state index contributed by atoms with van der Waals surface area (Å²) in [6.45, 7) is 25.9. The third kappa shape index (κ3) is 8.10. The zero-order chi connectivity index (χ0) is 40.8. The van der Waals surface area contributed by atoms with Gasteiger partial charge in [-0.15, -0.1) is 40.5 Å². The summed E-state index contributed by atoms with van der Waals surface area (Å²) in [5, 5.41) is 13.8. The Morgan fingerprint density at radius 3 is 2.05 bits per heavy atom. The van der Waals surface area contributed by atoms with Crippen LogP contribution < -0.4 is 0 Å². The van der Waals surface area contributed by atoms with Gasteiger partial charge in [0.25, 0.3) is 0 Å². The second-order valence-electron chi connectivity index (χ2n) is 17.8. The molecule has 1 radical (unpaired) electrons. The molecule has 0 saturated heterocycles. The maximum absolute atomic E-state index is 12.2. The first-order valence-electron chi connectivity index (χ1n) is 20.5. The number of benzene rings is 4. The molecule has 0 saturated carbocycles. The predicted octanol–water partition coefficient (Wildman–Crippen LogP) is 15.1. The number of nitrogens with zero attached hydrogens (tertiary/aromatic N) is 1. The van der Waals surface area contributed by atoms with Crippen molar-refractivity contribution in [3.63, 3.8) is 0 Å². The summed E-state index contributed by atoms with van der Waals surface area (Å²) in [5.41, 5.74) is 11.0. The van der Waals surface area contributed by atoms with Gasteiger partial charge in [-0.2, -0.15) is 0 Å². The van der Waals surface area contributed by atoms with Crippen LogP contribution in [0.5, 0.6) is 0 Å². The number of hydrogen-bond donors (Lipinski definition) is 1. The molecular weight excluding hydrogens is 895 g/mol. The average molecular weight is 955 g/mol. The van der Waals surface area contributed by atoms with Gasteiger partial charge in [-0.05, 0) is 88.9 Å². The minimum Gasteiger partial charge on any atom is -0.512 e. The van der Waals surface area contributed by atoms with Crippen LogP contribution in [0.25, 0.3) is 53.7 Å². The van der Waals surface area contributed by atoms with Crippen molar-refractivity contribution in [2.24, 2.45) is 10.8 Å². The van der Waals surface area contributed by atoms with E-state index in [1.807, 2.05) is 59.1 Å². The average Bonchev–Trinajstić information content (AvgIpc) is 3.66. The maximum atomic E-state index is 12.2. The molecule has 1 aliphatic rings. The molecule has 0 spiro atoms. The summed E-state index contributed by atoms with van der Waals surface area (Å²) >= 11 is 1.86. The van der Waals surface area contributed by atoms with E-state index < -0.39 is 0 Å². The van der Waals surface area contributed by atoms with Crippen LogP contribution in [0.15, 0.2) is 96.9 Å². The summed E-state index contributed by atoms with van der Waals surface area (Å²) in [6.07, 6.45) is 6.72. The Bertz CT molecular complexity index is 2450. The zero-order valence-electron chi connectivity index (χ0n) is 36.0. The van der Waals surface area contributed by atoms with Gasteiger partial charge < -0.3 is 5.11 Å². The Hall–Kier alpha value is -3.89. The van der Waals surface area contributed by atoms with E-state index >= 15 is 0 Å². The fourth-order valence-electron chi connectivity index (χ4n) is 8.12. The van der Waals surface area contributed by atoms with Gasteiger partial charge in [0.2, 0.25) is 0 Å². The van der Waals surface area contributed by atoms with Crippen molar-refractivity contribution in [2.75, 3.05) is 0 Å². The Labute approximate surface area is 359 Å². The third-order valence-electron chi connectivity index (χ3n) is 13.1. The van der Waals surface area contributed by atoms with Crippen molar-refractivity contribution >= 4 is 38.0 Å². The van der Waals surface area contributed by atoms with Crippen molar-refractivity contribution in [3.8, 4) is 32.8 Å². The number of aromatic nitrogens is 1. The second-order valence-corrected chi connectivity index (χ2v) is 18.9. The van der Waals surface area contributed by atoms with Crippen molar-refractivity contribution in [3.05, 3.63) is 125 Å². The van der Waals surface area contributed by atoms with Crippen LogP contribution in [-0.2, 0) is 35.7 Å². The van der Waals surface area contributed by atoms with Crippen LogP contribution in [0.3, 0.4) is 0 Å². The summed E-state index contributed by atoms with van der Waals surface area (Å²) in [5.74, 6) is 0.286. The number of fused-ring (bicyclic) bond motifs is 5. The molecule has 3 nitrogen and oxygen atoms in total. The summed E-state index contributed by atoms with van der Waals surface area (Å²) in [6, 6.07) is 32.7. The minimum absolute atomic E-state index is 0. The van der Waals surface area contributed by atoms with Gasteiger partial charge in [0.15, 0.2) is 5.78 Å². The number of hydrogen-bond acceptors (Lipinski definition) is 4. The molecule has 0 aliphatic heterocycles. The molecular formula is C52H60IrNO2S-. The Kier molecular flexibility index (Phi) is 13.0. The quantitative estimate of drug-likeness (QED) is 0.0892. The third-order valence-corrected chi connectivity index (χ3v) is 14.5. The summed E-state index contributed by atoms with van der Waals surface area (Å²) in [7, 11) is 0. The number of carbonyl (C=O) groups is 1. The summed E-state index contributed by atoms with van der Waals surface area (Å²) in [4.78, 5) is 18.4. The SMILES string of the molecule is CCC(C)(CC)C(=O)/C=C(\O)C(C)(CC)CC.Cc1c(-c2ccc3c(c2)C(C)(C)c2ccccc2-3)sc2c(-c3[c-]c4ccccc4c(C(C)(C)C)c3)nccc12.[Ir]. The van der Waals surface area contributed by atoms with E-state index in [-0.39, 0.29) is 53.3 Å².